The highest BCUT2D eigenvalue weighted by Gasteiger charge is 2.19. The Kier molecular flexibility index (Phi) is 4.33. The third-order valence-corrected chi connectivity index (χ3v) is 3.54. The molecule has 0 N–H and O–H groups in total. The first-order valence-electron chi connectivity index (χ1n) is 6.49. The van der Waals surface area contributed by atoms with Gasteiger partial charge in [-0.2, -0.15) is 5.26 Å². The molecule has 1 aliphatic carbocycles. The van der Waals surface area contributed by atoms with Crippen molar-refractivity contribution in [1.82, 2.24) is 0 Å². The smallest absolute Gasteiger partial charge is 0.130 e. The molecule has 1 aromatic rings. The molecule has 96 valence electrons. The van der Waals surface area contributed by atoms with E-state index in [0.29, 0.717) is 23.7 Å². The van der Waals surface area contributed by atoms with E-state index in [9.17, 15) is 4.39 Å². The maximum absolute atomic E-state index is 13.6. The van der Waals surface area contributed by atoms with Gasteiger partial charge in [-0.25, -0.2) is 4.39 Å². The highest BCUT2D eigenvalue weighted by atomic mass is 19.1. The number of ether oxygens (including phenoxy) is 1. The molecule has 2 nitrogen and oxygen atoms in total. The van der Waals surface area contributed by atoms with Gasteiger partial charge in [0.1, 0.15) is 5.82 Å². The number of nitrogens with zero attached hydrogens (tertiary/aromatic N) is 1. The van der Waals surface area contributed by atoms with Gasteiger partial charge in [0.15, 0.2) is 0 Å². The Morgan fingerprint density at radius 2 is 2.28 bits per heavy atom. The molecule has 0 saturated heterocycles. The van der Waals surface area contributed by atoms with E-state index < -0.39 is 0 Å². The number of rotatable bonds is 3. The van der Waals surface area contributed by atoms with Crippen LogP contribution >= 0.6 is 0 Å². The second-order valence-corrected chi connectivity index (χ2v) is 5.12. The Morgan fingerprint density at radius 3 is 2.94 bits per heavy atom. The van der Waals surface area contributed by atoms with Crippen molar-refractivity contribution in [3.05, 3.63) is 35.1 Å². The molecule has 0 bridgehead atoms. The number of hydrogen-bond acceptors (Lipinski definition) is 2. The van der Waals surface area contributed by atoms with Gasteiger partial charge in [0.05, 0.1) is 24.3 Å². The number of benzene rings is 1. The van der Waals surface area contributed by atoms with Crippen LogP contribution in [0.3, 0.4) is 0 Å². The van der Waals surface area contributed by atoms with Crippen LogP contribution in [-0.2, 0) is 11.3 Å². The van der Waals surface area contributed by atoms with E-state index >= 15 is 0 Å². The molecular weight excluding hydrogens is 229 g/mol. The van der Waals surface area contributed by atoms with E-state index in [4.69, 9.17) is 10.00 Å². The van der Waals surface area contributed by atoms with Crippen LogP contribution in [0, 0.1) is 23.1 Å². The molecular formula is C15H18FNO. The quantitative estimate of drug-likeness (QED) is 0.814. The maximum Gasteiger partial charge on any atom is 0.130 e. The molecule has 0 heterocycles. The van der Waals surface area contributed by atoms with Crippen LogP contribution < -0.4 is 0 Å². The monoisotopic (exact) mass is 247 g/mol. The van der Waals surface area contributed by atoms with Crippen LogP contribution in [0.15, 0.2) is 18.2 Å². The van der Waals surface area contributed by atoms with Crippen LogP contribution in [0.4, 0.5) is 4.39 Å². The molecule has 2 rings (SSSR count). The number of hydrogen-bond donors (Lipinski definition) is 0. The van der Waals surface area contributed by atoms with Gasteiger partial charge in [-0.1, -0.05) is 25.8 Å². The first-order chi connectivity index (χ1) is 8.69. The van der Waals surface area contributed by atoms with Crippen molar-refractivity contribution >= 4 is 0 Å². The highest BCUT2D eigenvalue weighted by Crippen LogP contribution is 2.26. The molecule has 1 aliphatic rings. The first-order valence-corrected chi connectivity index (χ1v) is 6.49. The summed E-state index contributed by atoms with van der Waals surface area (Å²) in [7, 11) is 0. The predicted octanol–water partition coefficient (Wildman–Crippen LogP) is 3.79. The topological polar surface area (TPSA) is 33.0 Å². The van der Waals surface area contributed by atoms with Crippen LogP contribution in [0.5, 0.6) is 0 Å². The van der Waals surface area contributed by atoms with Crippen molar-refractivity contribution in [2.24, 2.45) is 5.92 Å². The summed E-state index contributed by atoms with van der Waals surface area (Å²) in [6.07, 6.45) is 4.86. The third kappa shape index (κ3) is 3.30. The van der Waals surface area contributed by atoms with E-state index in [1.54, 1.807) is 12.1 Å². The van der Waals surface area contributed by atoms with E-state index in [0.717, 1.165) is 12.8 Å². The molecule has 0 amide bonds. The average Bonchev–Trinajstić information content (AvgIpc) is 2.37. The van der Waals surface area contributed by atoms with Gasteiger partial charge >= 0.3 is 0 Å². The molecule has 1 aromatic carbocycles. The summed E-state index contributed by atoms with van der Waals surface area (Å²) >= 11 is 0. The lowest BCUT2D eigenvalue weighted by atomic mass is 9.89. The number of nitriles is 1. The fourth-order valence-electron chi connectivity index (χ4n) is 2.47. The molecule has 1 fully saturated rings. The van der Waals surface area contributed by atoms with Gasteiger partial charge < -0.3 is 4.74 Å². The minimum Gasteiger partial charge on any atom is -0.373 e. The summed E-state index contributed by atoms with van der Waals surface area (Å²) in [5.74, 6) is 0.354. The zero-order valence-electron chi connectivity index (χ0n) is 10.7. The zero-order chi connectivity index (χ0) is 13.0. The minimum atomic E-state index is -0.349. The summed E-state index contributed by atoms with van der Waals surface area (Å²) in [5.41, 5.74) is 0.884. The van der Waals surface area contributed by atoms with Crippen LogP contribution in [0.25, 0.3) is 0 Å². The van der Waals surface area contributed by atoms with Crippen molar-refractivity contribution < 1.29 is 9.13 Å². The Balaban J connectivity index is 1.92. The summed E-state index contributed by atoms with van der Waals surface area (Å²) in [4.78, 5) is 0. The predicted molar refractivity (Wildman–Crippen MR) is 67.3 cm³/mol. The maximum atomic E-state index is 13.6. The SMILES string of the molecule is CC1CCCC(OCc2ccc(C#N)cc2F)C1. The molecule has 3 heteroatoms. The summed E-state index contributed by atoms with van der Waals surface area (Å²) in [6.45, 7) is 2.53. The standard InChI is InChI=1S/C15H18FNO/c1-11-3-2-4-14(7-11)18-10-13-6-5-12(9-17)8-15(13)16/h5-6,8,11,14H,2-4,7,10H2,1H3. The van der Waals surface area contributed by atoms with Gasteiger partial charge in [0, 0.05) is 5.56 Å². The van der Waals surface area contributed by atoms with Gasteiger partial charge in [-0.15, -0.1) is 0 Å². The first kappa shape index (κ1) is 13.0. The second-order valence-electron chi connectivity index (χ2n) is 5.12. The molecule has 2 atom stereocenters. The summed E-state index contributed by atoms with van der Waals surface area (Å²) in [6, 6.07) is 6.46. The second kappa shape index (κ2) is 5.97. The number of halogens is 1. The van der Waals surface area contributed by atoms with Crippen LogP contribution in [0.1, 0.15) is 43.7 Å². The Bertz CT molecular complexity index is 452. The Hall–Kier alpha value is -1.40. The van der Waals surface area contributed by atoms with Crippen molar-refractivity contribution in [3.8, 4) is 6.07 Å². The minimum absolute atomic E-state index is 0.254. The Morgan fingerprint density at radius 1 is 1.44 bits per heavy atom. The van der Waals surface area contributed by atoms with Gasteiger partial charge in [-0.3, -0.25) is 0 Å². The van der Waals surface area contributed by atoms with Crippen molar-refractivity contribution in [2.75, 3.05) is 0 Å². The molecule has 0 spiro atoms. The molecule has 0 aliphatic heterocycles. The highest BCUT2D eigenvalue weighted by molar-refractivity contribution is 5.32. The largest absolute Gasteiger partial charge is 0.373 e. The van der Waals surface area contributed by atoms with Crippen LogP contribution in [-0.4, -0.2) is 6.10 Å². The average molecular weight is 247 g/mol. The fraction of sp³-hybridized carbons (Fsp3) is 0.533. The third-order valence-electron chi connectivity index (χ3n) is 3.54. The van der Waals surface area contributed by atoms with Crippen molar-refractivity contribution in [3.63, 3.8) is 0 Å². The van der Waals surface area contributed by atoms with Crippen molar-refractivity contribution in [1.29, 1.82) is 5.26 Å². The normalized spacial score (nSPS) is 23.6. The van der Waals surface area contributed by atoms with E-state index in [2.05, 4.69) is 6.92 Å². The van der Waals surface area contributed by atoms with Gasteiger partial charge in [0.25, 0.3) is 0 Å². The van der Waals surface area contributed by atoms with Gasteiger partial charge in [-0.05, 0) is 30.9 Å². The lowest BCUT2D eigenvalue weighted by Crippen LogP contribution is -2.21. The molecule has 18 heavy (non-hydrogen) atoms. The lowest BCUT2D eigenvalue weighted by molar-refractivity contribution is 0.00353. The van der Waals surface area contributed by atoms with E-state index in [1.807, 2.05) is 6.07 Å². The summed E-state index contributed by atoms with van der Waals surface area (Å²) < 4.78 is 19.4. The van der Waals surface area contributed by atoms with E-state index in [-0.39, 0.29) is 11.9 Å². The van der Waals surface area contributed by atoms with E-state index in [1.165, 1.54) is 18.9 Å². The Labute approximate surface area is 107 Å². The van der Waals surface area contributed by atoms with Gasteiger partial charge in [0.2, 0.25) is 0 Å². The molecule has 1 saturated carbocycles. The molecule has 0 radical (unpaired) electrons. The molecule has 0 aromatic heterocycles. The molecule has 2 unspecified atom stereocenters. The zero-order valence-corrected chi connectivity index (χ0v) is 10.7. The summed E-state index contributed by atoms with van der Waals surface area (Å²) in [5, 5.41) is 8.67. The lowest BCUT2D eigenvalue weighted by Gasteiger charge is -2.26. The van der Waals surface area contributed by atoms with Crippen LogP contribution in [0.2, 0.25) is 0 Å². The fourth-order valence-corrected chi connectivity index (χ4v) is 2.47. The van der Waals surface area contributed by atoms with Crippen molar-refractivity contribution in [2.45, 2.75) is 45.3 Å².